The maximum atomic E-state index is 11.6. The van der Waals surface area contributed by atoms with E-state index in [9.17, 15) is 9.59 Å². The summed E-state index contributed by atoms with van der Waals surface area (Å²) in [4.78, 5) is 21.9. The van der Waals surface area contributed by atoms with Gasteiger partial charge in [-0.05, 0) is 51.0 Å². The Morgan fingerprint density at radius 3 is 1.93 bits per heavy atom. The molecule has 0 aliphatic carbocycles. The van der Waals surface area contributed by atoms with Crippen LogP contribution in [-0.4, -0.2) is 36.4 Å². The normalized spacial score (nSPS) is 14.6. The number of carboxylic acids is 1. The van der Waals surface area contributed by atoms with Crippen molar-refractivity contribution < 1.29 is 24.2 Å². The number of esters is 1. The van der Waals surface area contributed by atoms with Crippen LogP contribution in [0.25, 0.3) is 0 Å². The van der Waals surface area contributed by atoms with E-state index < -0.39 is 5.97 Å². The zero-order valence-electron chi connectivity index (χ0n) is 16.3. The summed E-state index contributed by atoms with van der Waals surface area (Å²) in [7, 11) is 0. The first kappa shape index (κ1) is 22.9. The molecule has 1 aliphatic heterocycles. The van der Waals surface area contributed by atoms with Crippen LogP contribution >= 0.6 is 0 Å². The molecule has 5 heteroatoms. The lowest BCUT2D eigenvalue weighted by Crippen LogP contribution is -2.17. The van der Waals surface area contributed by atoms with Gasteiger partial charge in [0.25, 0.3) is 0 Å². The van der Waals surface area contributed by atoms with E-state index in [-0.39, 0.29) is 12.1 Å². The first-order chi connectivity index (χ1) is 13.5. The van der Waals surface area contributed by atoms with Crippen molar-refractivity contribution in [1.82, 2.24) is 0 Å². The monoisotopic (exact) mass is 382 g/mol. The van der Waals surface area contributed by atoms with Crippen molar-refractivity contribution in [2.75, 3.05) is 13.2 Å². The summed E-state index contributed by atoms with van der Waals surface area (Å²) in [5.41, 5.74) is 3.15. The third-order valence-corrected chi connectivity index (χ3v) is 4.01. The number of benzene rings is 2. The van der Waals surface area contributed by atoms with Gasteiger partial charge >= 0.3 is 11.9 Å². The van der Waals surface area contributed by atoms with Gasteiger partial charge in [-0.2, -0.15) is 0 Å². The Kier molecular flexibility index (Phi) is 10.1. The highest BCUT2D eigenvalue weighted by Gasteiger charge is 2.17. The molecule has 1 saturated heterocycles. The molecule has 28 heavy (non-hydrogen) atoms. The van der Waals surface area contributed by atoms with E-state index in [2.05, 4.69) is 12.8 Å². The standard InChI is InChI=1S/C13H16O3.C8H8O2.C2H2/c1-10-4-6-11(7-5-10)13(14)16-9-12-3-2-8-15-12;1-6-2-4-7(5-3-6)8(9)10;1-2/h4-7,12H,2-3,8-9H2,1H3;2-5H,1H3,(H,9,10);1-2H. The van der Waals surface area contributed by atoms with Crippen molar-refractivity contribution in [3.8, 4) is 12.8 Å². The predicted octanol–water partition coefficient (Wildman–Crippen LogP) is 4.27. The summed E-state index contributed by atoms with van der Waals surface area (Å²) in [5, 5.41) is 8.48. The fourth-order valence-corrected chi connectivity index (χ4v) is 2.41. The van der Waals surface area contributed by atoms with Gasteiger partial charge in [-0.1, -0.05) is 35.4 Å². The van der Waals surface area contributed by atoms with Crippen LogP contribution in [0.4, 0.5) is 0 Å². The average molecular weight is 382 g/mol. The Balaban J connectivity index is 0.000000281. The lowest BCUT2D eigenvalue weighted by atomic mass is 10.1. The van der Waals surface area contributed by atoms with Gasteiger partial charge in [-0.25, -0.2) is 9.59 Å². The second-order valence-corrected chi connectivity index (χ2v) is 6.27. The molecule has 0 spiro atoms. The number of carbonyl (C=O) groups excluding carboxylic acids is 1. The third kappa shape index (κ3) is 8.07. The van der Waals surface area contributed by atoms with E-state index in [1.54, 1.807) is 36.4 Å². The first-order valence-corrected chi connectivity index (χ1v) is 8.94. The molecule has 1 N–H and O–H groups in total. The smallest absolute Gasteiger partial charge is 0.338 e. The van der Waals surface area contributed by atoms with Crippen LogP contribution in [0, 0.1) is 26.7 Å². The maximum absolute atomic E-state index is 11.6. The average Bonchev–Trinajstić information content (AvgIpc) is 3.23. The topological polar surface area (TPSA) is 72.8 Å². The Morgan fingerprint density at radius 1 is 1.00 bits per heavy atom. The minimum atomic E-state index is -0.875. The molecule has 1 aliphatic rings. The van der Waals surface area contributed by atoms with Crippen LogP contribution in [0.3, 0.4) is 0 Å². The molecule has 2 aromatic rings. The number of carbonyl (C=O) groups is 2. The van der Waals surface area contributed by atoms with E-state index in [1.165, 1.54) is 0 Å². The molecule has 148 valence electrons. The molecule has 0 saturated carbocycles. The summed E-state index contributed by atoms with van der Waals surface area (Å²) in [6.07, 6.45) is 10.1. The molecule has 0 aromatic heterocycles. The molecule has 2 aromatic carbocycles. The van der Waals surface area contributed by atoms with Crippen LogP contribution in [0.15, 0.2) is 48.5 Å². The lowest BCUT2D eigenvalue weighted by molar-refractivity contribution is 0.0161. The molecule has 1 unspecified atom stereocenters. The van der Waals surface area contributed by atoms with Crippen molar-refractivity contribution >= 4 is 11.9 Å². The summed E-state index contributed by atoms with van der Waals surface area (Å²) < 4.78 is 10.6. The summed E-state index contributed by atoms with van der Waals surface area (Å²) >= 11 is 0. The van der Waals surface area contributed by atoms with Gasteiger partial charge in [-0.3, -0.25) is 0 Å². The van der Waals surface area contributed by atoms with Crippen molar-refractivity contribution in [3.05, 3.63) is 70.8 Å². The number of hydrogen-bond acceptors (Lipinski definition) is 4. The Morgan fingerprint density at radius 2 is 1.50 bits per heavy atom. The molecule has 1 atom stereocenters. The molecule has 0 amide bonds. The van der Waals surface area contributed by atoms with Crippen LogP contribution in [-0.2, 0) is 9.47 Å². The highest BCUT2D eigenvalue weighted by atomic mass is 16.6. The molecular weight excluding hydrogens is 356 g/mol. The zero-order chi connectivity index (χ0) is 20.9. The molecule has 3 rings (SSSR count). The minimum absolute atomic E-state index is 0.0920. The molecule has 0 bridgehead atoms. The minimum Gasteiger partial charge on any atom is -0.478 e. The maximum Gasteiger partial charge on any atom is 0.338 e. The highest BCUT2D eigenvalue weighted by molar-refractivity contribution is 5.89. The number of aryl methyl sites for hydroxylation is 2. The third-order valence-electron chi connectivity index (χ3n) is 4.01. The number of ether oxygens (including phenoxy) is 2. The predicted molar refractivity (Wildman–Crippen MR) is 108 cm³/mol. The van der Waals surface area contributed by atoms with Crippen LogP contribution < -0.4 is 0 Å². The molecule has 1 heterocycles. The summed E-state index contributed by atoms with van der Waals surface area (Å²) in [6.45, 7) is 5.06. The van der Waals surface area contributed by atoms with E-state index >= 15 is 0 Å². The Labute approximate surface area is 166 Å². The van der Waals surface area contributed by atoms with Crippen LogP contribution in [0.5, 0.6) is 0 Å². The van der Waals surface area contributed by atoms with Gasteiger partial charge in [0.05, 0.1) is 17.2 Å². The number of terminal acetylenes is 1. The van der Waals surface area contributed by atoms with Gasteiger partial charge < -0.3 is 14.6 Å². The van der Waals surface area contributed by atoms with Crippen molar-refractivity contribution in [2.24, 2.45) is 0 Å². The molecule has 5 nitrogen and oxygen atoms in total. The fourth-order valence-electron chi connectivity index (χ4n) is 2.41. The van der Waals surface area contributed by atoms with Crippen LogP contribution in [0.2, 0.25) is 0 Å². The number of carboxylic acid groups (broad SMARTS) is 1. The number of hydrogen-bond donors (Lipinski definition) is 1. The SMILES string of the molecule is C#C.Cc1ccc(C(=O)O)cc1.Cc1ccc(C(=O)OCC2CCCO2)cc1. The second kappa shape index (κ2) is 12.3. The first-order valence-electron chi connectivity index (χ1n) is 8.94. The second-order valence-electron chi connectivity index (χ2n) is 6.27. The quantitative estimate of drug-likeness (QED) is 0.631. The van der Waals surface area contributed by atoms with Gasteiger partial charge in [0.1, 0.15) is 6.61 Å². The van der Waals surface area contributed by atoms with Crippen molar-refractivity contribution in [1.29, 1.82) is 0 Å². The van der Waals surface area contributed by atoms with Gasteiger partial charge in [0.2, 0.25) is 0 Å². The van der Waals surface area contributed by atoms with Crippen molar-refractivity contribution in [3.63, 3.8) is 0 Å². The van der Waals surface area contributed by atoms with E-state index in [1.807, 2.05) is 26.0 Å². The molecular formula is C23H26O5. The van der Waals surface area contributed by atoms with Crippen molar-refractivity contribution in [2.45, 2.75) is 32.8 Å². The number of rotatable bonds is 4. The van der Waals surface area contributed by atoms with E-state index in [0.29, 0.717) is 17.7 Å². The molecule has 0 radical (unpaired) electrons. The molecule has 1 fully saturated rings. The van der Waals surface area contributed by atoms with E-state index in [4.69, 9.17) is 14.6 Å². The van der Waals surface area contributed by atoms with Gasteiger partial charge in [0.15, 0.2) is 0 Å². The highest BCUT2D eigenvalue weighted by Crippen LogP contribution is 2.13. The zero-order valence-corrected chi connectivity index (χ0v) is 16.3. The fraction of sp³-hybridized carbons (Fsp3) is 0.304. The Bertz CT molecular complexity index is 754. The van der Waals surface area contributed by atoms with Gasteiger partial charge in [0, 0.05) is 6.61 Å². The van der Waals surface area contributed by atoms with E-state index in [0.717, 1.165) is 30.6 Å². The Hall–Kier alpha value is -3.10. The summed E-state index contributed by atoms with van der Waals surface area (Å²) in [5.74, 6) is -1.14. The summed E-state index contributed by atoms with van der Waals surface area (Å²) in [6, 6.07) is 14.1. The van der Waals surface area contributed by atoms with Crippen LogP contribution in [0.1, 0.15) is 44.7 Å². The lowest BCUT2D eigenvalue weighted by Gasteiger charge is -2.10. The largest absolute Gasteiger partial charge is 0.478 e. The number of aromatic carboxylic acids is 1. The van der Waals surface area contributed by atoms with Gasteiger partial charge in [-0.15, -0.1) is 12.8 Å².